The summed E-state index contributed by atoms with van der Waals surface area (Å²) in [5.74, 6) is 1.53. The monoisotopic (exact) mass is 261 g/mol. The number of halogens is 1. The van der Waals surface area contributed by atoms with Gasteiger partial charge < -0.3 is 5.32 Å². The summed E-state index contributed by atoms with van der Waals surface area (Å²) in [6.45, 7) is 4.83. The third-order valence-corrected chi connectivity index (χ3v) is 2.81. The molecule has 4 heteroatoms. The highest BCUT2D eigenvalue weighted by Crippen LogP contribution is 2.13. The molecule has 94 valence electrons. The Morgan fingerprint density at radius 2 is 2.06 bits per heavy atom. The Kier molecular flexibility index (Phi) is 4.15. The van der Waals surface area contributed by atoms with Gasteiger partial charge >= 0.3 is 0 Å². The van der Waals surface area contributed by atoms with E-state index in [0.717, 1.165) is 24.6 Å². The number of benzene rings is 1. The topological polar surface area (TPSA) is 37.8 Å². The summed E-state index contributed by atoms with van der Waals surface area (Å²) in [4.78, 5) is 8.52. The molecule has 1 aromatic heterocycles. The van der Waals surface area contributed by atoms with E-state index in [1.54, 1.807) is 6.07 Å². The minimum Gasteiger partial charge on any atom is -0.366 e. The normalized spacial score (nSPS) is 10.4. The SMILES string of the molecule is CCc1nc(Cl)cc(NCc2cccc(C)c2)n1. The van der Waals surface area contributed by atoms with Crippen molar-refractivity contribution >= 4 is 17.4 Å². The van der Waals surface area contributed by atoms with E-state index in [-0.39, 0.29) is 0 Å². The van der Waals surface area contributed by atoms with Crippen molar-refractivity contribution in [2.24, 2.45) is 0 Å². The number of nitrogens with zero attached hydrogens (tertiary/aromatic N) is 2. The minimum absolute atomic E-state index is 0.480. The molecule has 2 rings (SSSR count). The summed E-state index contributed by atoms with van der Waals surface area (Å²) in [7, 11) is 0. The van der Waals surface area contributed by atoms with Crippen LogP contribution in [0.3, 0.4) is 0 Å². The molecule has 0 aliphatic heterocycles. The first-order valence-electron chi connectivity index (χ1n) is 6.00. The van der Waals surface area contributed by atoms with Crippen LogP contribution in [0, 0.1) is 6.92 Å². The van der Waals surface area contributed by atoms with Crippen molar-refractivity contribution in [1.82, 2.24) is 9.97 Å². The van der Waals surface area contributed by atoms with Crippen molar-refractivity contribution in [2.75, 3.05) is 5.32 Å². The molecule has 0 radical (unpaired) electrons. The van der Waals surface area contributed by atoms with Gasteiger partial charge in [0.25, 0.3) is 0 Å². The molecule has 0 saturated heterocycles. The van der Waals surface area contributed by atoms with Crippen LogP contribution in [0.25, 0.3) is 0 Å². The van der Waals surface area contributed by atoms with Crippen molar-refractivity contribution in [3.05, 3.63) is 52.4 Å². The molecule has 0 bridgehead atoms. The predicted molar refractivity (Wildman–Crippen MR) is 74.9 cm³/mol. The van der Waals surface area contributed by atoms with Crippen LogP contribution in [0.1, 0.15) is 23.9 Å². The van der Waals surface area contributed by atoms with Crippen LogP contribution in [0.15, 0.2) is 30.3 Å². The zero-order chi connectivity index (χ0) is 13.0. The van der Waals surface area contributed by atoms with Gasteiger partial charge in [-0.05, 0) is 12.5 Å². The second-order valence-electron chi connectivity index (χ2n) is 4.19. The molecule has 1 aromatic carbocycles. The molecule has 0 aliphatic carbocycles. The molecular weight excluding hydrogens is 246 g/mol. The standard InChI is InChI=1S/C14H16ClN3/c1-3-13-17-12(15)8-14(18-13)16-9-11-6-4-5-10(2)7-11/h4-8H,3,9H2,1-2H3,(H,16,17,18). The van der Waals surface area contributed by atoms with E-state index in [9.17, 15) is 0 Å². The first-order chi connectivity index (χ1) is 8.67. The molecule has 3 nitrogen and oxygen atoms in total. The lowest BCUT2D eigenvalue weighted by Crippen LogP contribution is -2.04. The maximum atomic E-state index is 5.94. The minimum atomic E-state index is 0.480. The summed E-state index contributed by atoms with van der Waals surface area (Å²) in [6.07, 6.45) is 0.777. The smallest absolute Gasteiger partial charge is 0.134 e. The van der Waals surface area contributed by atoms with Crippen LogP contribution in [-0.2, 0) is 13.0 Å². The van der Waals surface area contributed by atoms with E-state index in [2.05, 4.69) is 46.5 Å². The fraction of sp³-hybridized carbons (Fsp3) is 0.286. The van der Waals surface area contributed by atoms with E-state index < -0.39 is 0 Å². The van der Waals surface area contributed by atoms with Gasteiger partial charge in [-0.15, -0.1) is 0 Å². The number of hydrogen-bond donors (Lipinski definition) is 1. The lowest BCUT2D eigenvalue weighted by atomic mass is 10.1. The van der Waals surface area contributed by atoms with Gasteiger partial charge in [-0.1, -0.05) is 48.4 Å². The third-order valence-electron chi connectivity index (χ3n) is 2.61. The van der Waals surface area contributed by atoms with Gasteiger partial charge in [0.15, 0.2) is 0 Å². The van der Waals surface area contributed by atoms with Crippen LogP contribution >= 0.6 is 11.6 Å². The predicted octanol–water partition coefficient (Wildman–Crippen LogP) is 3.61. The van der Waals surface area contributed by atoms with Crippen LogP contribution in [0.4, 0.5) is 5.82 Å². The lowest BCUT2D eigenvalue weighted by Gasteiger charge is -2.08. The van der Waals surface area contributed by atoms with Gasteiger partial charge in [-0.2, -0.15) is 0 Å². The van der Waals surface area contributed by atoms with Gasteiger partial charge in [0.1, 0.15) is 16.8 Å². The van der Waals surface area contributed by atoms with E-state index >= 15 is 0 Å². The molecule has 0 spiro atoms. The first-order valence-corrected chi connectivity index (χ1v) is 6.38. The molecule has 1 heterocycles. The Labute approximate surface area is 112 Å². The van der Waals surface area contributed by atoms with Crippen molar-refractivity contribution in [2.45, 2.75) is 26.8 Å². The number of aryl methyl sites for hydroxylation is 2. The molecule has 0 amide bonds. The number of rotatable bonds is 4. The zero-order valence-corrected chi connectivity index (χ0v) is 11.3. The molecule has 18 heavy (non-hydrogen) atoms. The van der Waals surface area contributed by atoms with Crippen LogP contribution < -0.4 is 5.32 Å². The van der Waals surface area contributed by atoms with Crippen LogP contribution in [0.5, 0.6) is 0 Å². The quantitative estimate of drug-likeness (QED) is 0.855. The van der Waals surface area contributed by atoms with Crippen molar-refractivity contribution < 1.29 is 0 Å². The molecule has 0 unspecified atom stereocenters. The first kappa shape index (κ1) is 12.8. The Balaban J connectivity index is 2.08. The Hall–Kier alpha value is -1.61. The Bertz CT molecular complexity index is 540. The molecule has 1 N–H and O–H groups in total. The van der Waals surface area contributed by atoms with Crippen molar-refractivity contribution in [3.8, 4) is 0 Å². The lowest BCUT2D eigenvalue weighted by molar-refractivity contribution is 0.933. The maximum absolute atomic E-state index is 5.94. The van der Waals surface area contributed by atoms with Gasteiger partial charge in [0, 0.05) is 19.0 Å². The largest absolute Gasteiger partial charge is 0.366 e. The van der Waals surface area contributed by atoms with Crippen LogP contribution in [0.2, 0.25) is 5.15 Å². The van der Waals surface area contributed by atoms with E-state index in [4.69, 9.17) is 11.6 Å². The van der Waals surface area contributed by atoms with Gasteiger partial charge in [-0.3, -0.25) is 0 Å². The fourth-order valence-corrected chi connectivity index (χ4v) is 1.93. The van der Waals surface area contributed by atoms with Crippen molar-refractivity contribution in [3.63, 3.8) is 0 Å². The third kappa shape index (κ3) is 3.44. The summed E-state index contributed by atoms with van der Waals surface area (Å²) in [5, 5.41) is 3.75. The highest BCUT2D eigenvalue weighted by Gasteiger charge is 2.01. The Morgan fingerprint density at radius 1 is 1.22 bits per heavy atom. The van der Waals surface area contributed by atoms with Crippen LogP contribution in [-0.4, -0.2) is 9.97 Å². The highest BCUT2D eigenvalue weighted by atomic mass is 35.5. The average molecular weight is 262 g/mol. The highest BCUT2D eigenvalue weighted by molar-refractivity contribution is 6.29. The number of anilines is 1. The Morgan fingerprint density at radius 3 is 2.78 bits per heavy atom. The molecule has 0 atom stereocenters. The van der Waals surface area contributed by atoms with Gasteiger partial charge in [0.05, 0.1) is 0 Å². The second kappa shape index (κ2) is 5.83. The van der Waals surface area contributed by atoms with Gasteiger partial charge in [0.2, 0.25) is 0 Å². The summed E-state index contributed by atoms with van der Waals surface area (Å²) < 4.78 is 0. The number of hydrogen-bond acceptors (Lipinski definition) is 3. The fourth-order valence-electron chi connectivity index (χ4n) is 1.73. The number of aromatic nitrogens is 2. The molecule has 0 saturated carbocycles. The van der Waals surface area contributed by atoms with E-state index in [0.29, 0.717) is 5.15 Å². The molecule has 2 aromatic rings. The molecular formula is C14H16ClN3. The number of nitrogens with one attached hydrogen (secondary N) is 1. The van der Waals surface area contributed by atoms with E-state index in [1.807, 2.05) is 6.92 Å². The average Bonchev–Trinajstić information content (AvgIpc) is 2.36. The molecule has 0 aliphatic rings. The second-order valence-corrected chi connectivity index (χ2v) is 4.58. The zero-order valence-electron chi connectivity index (χ0n) is 10.6. The summed E-state index contributed by atoms with van der Waals surface area (Å²) >= 11 is 5.94. The maximum Gasteiger partial charge on any atom is 0.134 e. The summed E-state index contributed by atoms with van der Waals surface area (Å²) in [5.41, 5.74) is 2.48. The van der Waals surface area contributed by atoms with Crippen molar-refractivity contribution in [1.29, 1.82) is 0 Å². The van der Waals surface area contributed by atoms with Gasteiger partial charge in [-0.25, -0.2) is 9.97 Å². The van der Waals surface area contributed by atoms with E-state index in [1.165, 1.54) is 11.1 Å². The summed E-state index contributed by atoms with van der Waals surface area (Å²) in [6, 6.07) is 10.1. The molecule has 0 fully saturated rings.